The largest absolute Gasteiger partial charge is 0.493 e. The molecule has 1 unspecified atom stereocenters. The molecule has 2 aromatic carbocycles. The lowest BCUT2D eigenvalue weighted by Crippen LogP contribution is -2.30. The predicted molar refractivity (Wildman–Crippen MR) is 121 cm³/mol. The van der Waals surface area contributed by atoms with E-state index in [4.69, 9.17) is 32.7 Å². The third-order valence-electron chi connectivity index (χ3n) is 4.22. The van der Waals surface area contributed by atoms with Crippen LogP contribution in [-0.4, -0.2) is 36.7 Å². The third kappa shape index (κ3) is 6.31. The van der Waals surface area contributed by atoms with Gasteiger partial charge in [0.15, 0.2) is 22.7 Å². The maximum absolute atomic E-state index is 12.4. The fraction of sp³-hybridized carbons (Fsp3) is 0.190. The fourth-order valence-electron chi connectivity index (χ4n) is 2.60. The standard InChI is InChI=1S/C21H16Cl2F2N2O5S/c1-10(31-19(29)12-4-6-16(32-20(24)25)17(8-12)30-2)18(28)27-21-26-15(9-33-21)11-3-5-13(22)14(23)7-11/h3-10,20H,1-2H3,(H,26,27,28). The zero-order valence-corrected chi connectivity index (χ0v) is 19.4. The summed E-state index contributed by atoms with van der Waals surface area (Å²) in [6.45, 7) is -1.67. The SMILES string of the molecule is COc1cc(C(=O)OC(C)C(=O)Nc2nc(-c3ccc(Cl)c(Cl)c3)cs2)ccc1OC(F)F. The van der Waals surface area contributed by atoms with Crippen LogP contribution >= 0.6 is 34.5 Å². The van der Waals surface area contributed by atoms with Gasteiger partial charge >= 0.3 is 12.6 Å². The Kier molecular flexibility index (Phi) is 8.06. The molecule has 3 rings (SSSR count). The summed E-state index contributed by atoms with van der Waals surface area (Å²) >= 11 is 13.1. The van der Waals surface area contributed by atoms with E-state index >= 15 is 0 Å². The number of carbonyl (C=O) groups is 2. The number of nitrogens with one attached hydrogen (secondary N) is 1. The minimum atomic E-state index is -3.05. The van der Waals surface area contributed by atoms with Crippen molar-refractivity contribution < 1.29 is 32.6 Å². The van der Waals surface area contributed by atoms with Crippen molar-refractivity contribution in [1.82, 2.24) is 4.98 Å². The highest BCUT2D eigenvalue weighted by atomic mass is 35.5. The zero-order valence-electron chi connectivity index (χ0n) is 17.1. The Labute approximate surface area is 201 Å². The normalized spacial score (nSPS) is 11.7. The van der Waals surface area contributed by atoms with Gasteiger partial charge in [-0.3, -0.25) is 10.1 Å². The number of methoxy groups -OCH3 is 1. The average Bonchev–Trinajstić information content (AvgIpc) is 3.23. The molecule has 0 bridgehead atoms. The van der Waals surface area contributed by atoms with Crippen molar-refractivity contribution in [3.05, 3.63) is 57.4 Å². The molecule has 0 aliphatic rings. The number of hydrogen-bond donors (Lipinski definition) is 1. The van der Waals surface area contributed by atoms with Gasteiger partial charge in [0.1, 0.15) is 0 Å². The molecule has 0 saturated carbocycles. The lowest BCUT2D eigenvalue weighted by molar-refractivity contribution is -0.123. The zero-order chi connectivity index (χ0) is 24.1. The van der Waals surface area contributed by atoms with Gasteiger partial charge in [-0.05, 0) is 37.3 Å². The van der Waals surface area contributed by atoms with E-state index in [0.29, 0.717) is 26.4 Å². The lowest BCUT2D eigenvalue weighted by atomic mass is 10.2. The highest BCUT2D eigenvalue weighted by Crippen LogP contribution is 2.31. The number of hydrogen-bond acceptors (Lipinski definition) is 7. The number of benzene rings is 2. The number of anilines is 1. The van der Waals surface area contributed by atoms with Gasteiger partial charge < -0.3 is 14.2 Å². The number of ether oxygens (including phenoxy) is 3. The van der Waals surface area contributed by atoms with E-state index < -0.39 is 24.6 Å². The molecule has 3 aromatic rings. The van der Waals surface area contributed by atoms with Gasteiger partial charge in [-0.25, -0.2) is 9.78 Å². The molecule has 1 heterocycles. The molecule has 33 heavy (non-hydrogen) atoms. The van der Waals surface area contributed by atoms with Crippen LogP contribution in [-0.2, 0) is 9.53 Å². The Balaban J connectivity index is 1.63. The number of alkyl halides is 2. The molecule has 7 nitrogen and oxygen atoms in total. The quantitative estimate of drug-likeness (QED) is 0.374. The summed E-state index contributed by atoms with van der Waals surface area (Å²) in [6, 6.07) is 8.57. The maximum atomic E-state index is 12.4. The number of aromatic nitrogens is 1. The van der Waals surface area contributed by atoms with Crippen molar-refractivity contribution >= 4 is 51.5 Å². The van der Waals surface area contributed by atoms with Crippen molar-refractivity contribution in [3.8, 4) is 22.8 Å². The number of amides is 1. The predicted octanol–water partition coefficient (Wildman–Crippen LogP) is 5.91. The van der Waals surface area contributed by atoms with E-state index in [-0.39, 0.29) is 17.1 Å². The summed E-state index contributed by atoms with van der Waals surface area (Å²) in [5.41, 5.74) is 1.29. The molecular formula is C21H16Cl2F2N2O5S. The van der Waals surface area contributed by atoms with Gasteiger partial charge in [0.25, 0.3) is 5.91 Å². The second-order valence-corrected chi connectivity index (χ2v) is 8.12. The summed E-state index contributed by atoms with van der Waals surface area (Å²) in [5.74, 6) is -1.78. The molecule has 1 amide bonds. The van der Waals surface area contributed by atoms with Gasteiger partial charge in [0.2, 0.25) is 0 Å². The summed E-state index contributed by atoms with van der Waals surface area (Å²) in [4.78, 5) is 29.1. The molecule has 1 N–H and O–H groups in total. The van der Waals surface area contributed by atoms with E-state index in [1.807, 2.05) is 0 Å². The van der Waals surface area contributed by atoms with Crippen molar-refractivity contribution in [2.75, 3.05) is 12.4 Å². The molecule has 0 radical (unpaired) electrons. The summed E-state index contributed by atoms with van der Waals surface area (Å²) in [7, 11) is 1.24. The Hall–Kier alpha value is -2.95. The van der Waals surface area contributed by atoms with E-state index in [1.54, 1.807) is 23.6 Å². The first-order valence-corrected chi connectivity index (χ1v) is 10.9. The first-order valence-electron chi connectivity index (χ1n) is 9.23. The average molecular weight is 517 g/mol. The Bertz CT molecular complexity index is 1180. The van der Waals surface area contributed by atoms with Crippen LogP contribution in [0, 0.1) is 0 Å². The summed E-state index contributed by atoms with van der Waals surface area (Å²) < 4.78 is 39.3. The van der Waals surface area contributed by atoms with Crippen LogP contribution in [0.2, 0.25) is 10.0 Å². The molecule has 0 aliphatic heterocycles. The molecule has 1 aromatic heterocycles. The van der Waals surface area contributed by atoms with E-state index in [9.17, 15) is 18.4 Å². The highest BCUT2D eigenvalue weighted by molar-refractivity contribution is 7.14. The highest BCUT2D eigenvalue weighted by Gasteiger charge is 2.22. The van der Waals surface area contributed by atoms with Gasteiger partial charge in [-0.1, -0.05) is 29.3 Å². The number of rotatable bonds is 8. The lowest BCUT2D eigenvalue weighted by Gasteiger charge is -2.14. The molecule has 1 atom stereocenters. The van der Waals surface area contributed by atoms with Crippen molar-refractivity contribution in [3.63, 3.8) is 0 Å². The molecular weight excluding hydrogens is 501 g/mol. The Morgan fingerprint density at radius 2 is 1.85 bits per heavy atom. The number of esters is 1. The number of thiazole rings is 1. The molecule has 174 valence electrons. The minimum Gasteiger partial charge on any atom is -0.493 e. The second-order valence-electron chi connectivity index (χ2n) is 6.45. The van der Waals surface area contributed by atoms with Crippen LogP contribution in [0.15, 0.2) is 41.8 Å². The van der Waals surface area contributed by atoms with Crippen molar-refractivity contribution in [2.45, 2.75) is 19.6 Å². The van der Waals surface area contributed by atoms with Crippen molar-refractivity contribution in [1.29, 1.82) is 0 Å². The molecule has 0 fully saturated rings. The minimum absolute atomic E-state index is 0.00994. The van der Waals surface area contributed by atoms with Crippen molar-refractivity contribution in [2.24, 2.45) is 0 Å². The molecule has 0 spiro atoms. The first-order chi connectivity index (χ1) is 15.7. The van der Waals surface area contributed by atoms with E-state index in [2.05, 4.69) is 15.0 Å². The number of nitrogens with zero attached hydrogens (tertiary/aromatic N) is 1. The van der Waals surface area contributed by atoms with Crippen LogP contribution in [0.25, 0.3) is 11.3 Å². The van der Waals surface area contributed by atoms with E-state index in [1.165, 1.54) is 37.5 Å². The van der Waals surface area contributed by atoms with Gasteiger partial charge in [-0.15, -0.1) is 11.3 Å². The molecule has 0 aliphatic carbocycles. The van der Waals surface area contributed by atoms with Gasteiger partial charge in [0, 0.05) is 10.9 Å². The first kappa shape index (κ1) is 24.7. The van der Waals surface area contributed by atoms with Crippen LogP contribution < -0.4 is 14.8 Å². The maximum Gasteiger partial charge on any atom is 0.387 e. The third-order valence-corrected chi connectivity index (χ3v) is 5.71. The summed E-state index contributed by atoms with van der Waals surface area (Å²) in [6.07, 6.45) is -1.17. The molecule has 0 saturated heterocycles. The van der Waals surface area contributed by atoms with Crippen LogP contribution in [0.3, 0.4) is 0 Å². The Morgan fingerprint density at radius 3 is 2.52 bits per heavy atom. The van der Waals surface area contributed by atoms with Crippen LogP contribution in [0.1, 0.15) is 17.3 Å². The fourth-order valence-corrected chi connectivity index (χ4v) is 3.62. The monoisotopic (exact) mass is 516 g/mol. The smallest absolute Gasteiger partial charge is 0.387 e. The topological polar surface area (TPSA) is 86.8 Å². The Morgan fingerprint density at radius 1 is 1.09 bits per heavy atom. The van der Waals surface area contributed by atoms with Crippen LogP contribution in [0.5, 0.6) is 11.5 Å². The van der Waals surface area contributed by atoms with E-state index in [0.717, 1.165) is 6.07 Å². The summed E-state index contributed by atoms with van der Waals surface area (Å²) in [5, 5.41) is 5.37. The molecule has 12 heteroatoms. The number of carbonyl (C=O) groups excluding carboxylic acids is 2. The van der Waals surface area contributed by atoms with Crippen LogP contribution in [0.4, 0.5) is 13.9 Å². The second kappa shape index (κ2) is 10.8. The van der Waals surface area contributed by atoms with Gasteiger partial charge in [-0.2, -0.15) is 8.78 Å². The number of halogens is 4. The van der Waals surface area contributed by atoms with Gasteiger partial charge in [0.05, 0.1) is 28.4 Å².